The molecule has 0 aromatic heterocycles. The topological polar surface area (TPSA) is 43.4 Å². The summed E-state index contributed by atoms with van der Waals surface area (Å²) in [6.45, 7) is 8.23. The van der Waals surface area contributed by atoms with E-state index in [1.54, 1.807) is 12.1 Å². The van der Waals surface area contributed by atoms with Gasteiger partial charge in [0.25, 0.3) is 10.1 Å². The summed E-state index contributed by atoms with van der Waals surface area (Å²) in [6.07, 6.45) is 1.66. The van der Waals surface area contributed by atoms with Gasteiger partial charge in [0, 0.05) is 0 Å². The number of benzene rings is 1. The molecule has 0 spiro atoms. The van der Waals surface area contributed by atoms with E-state index in [9.17, 15) is 8.42 Å². The van der Waals surface area contributed by atoms with Crippen LogP contribution in [0, 0.1) is 0 Å². The van der Waals surface area contributed by atoms with Gasteiger partial charge in [0.2, 0.25) is 0 Å². The molecular formula is C14H22O3S. The second kappa shape index (κ2) is 5.85. The Bertz CT molecular complexity index is 484. The summed E-state index contributed by atoms with van der Waals surface area (Å²) in [5, 5.41) is 0. The first kappa shape index (κ1) is 15.2. The maximum absolute atomic E-state index is 12.2. The molecule has 0 N–H and O–H groups in total. The van der Waals surface area contributed by atoms with Gasteiger partial charge in [0.15, 0.2) is 0 Å². The maximum atomic E-state index is 12.2. The lowest BCUT2D eigenvalue weighted by Gasteiger charge is -2.22. The highest BCUT2D eigenvalue weighted by Crippen LogP contribution is 2.29. The summed E-state index contributed by atoms with van der Waals surface area (Å²) < 4.78 is 29.4. The summed E-state index contributed by atoms with van der Waals surface area (Å²) in [5.74, 6) is 0. The second-order valence-corrected chi connectivity index (χ2v) is 6.96. The Morgan fingerprint density at radius 2 is 1.78 bits per heavy atom. The van der Waals surface area contributed by atoms with Crippen molar-refractivity contribution in [2.75, 3.05) is 6.61 Å². The molecule has 0 unspecified atom stereocenters. The van der Waals surface area contributed by atoms with Gasteiger partial charge in [0.1, 0.15) is 0 Å². The summed E-state index contributed by atoms with van der Waals surface area (Å²) >= 11 is 0. The quantitative estimate of drug-likeness (QED) is 0.607. The first-order chi connectivity index (χ1) is 8.29. The van der Waals surface area contributed by atoms with Crippen molar-refractivity contribution >= 4 is 10.1 Å². The van der Waals surface area contributed by atoms with Gasteiger partial charge in [0.05, 0.1) is 11.5 Å². The Labute approximate surface area is 110 Å². The molecule has 0 aliphatic carbocycles. The van der Waals surface area contributed by atoms with E-state index in [1.807, 2.05) is 39.8 Å². The zero-order chi connectivity index (χ0) is 13.8. The molecule has 3 nitrogen and oxygen atoms in total. The van der Waals surface area contributed by atoms with Crippen LogP contribution < -0.4 is 0 Å². The molecule has 0 atom stereocenters. The van der Waals surface area contributed by atoms with E-state index in [4.69, 9.17) is 4.18 Å². The third-order valence-electron chi connectivity index (χ3n) is 2.70. The second-order valence-electron chi connectivity index (χ2n) is 5.38. The predicted molar refractivity (Wildman–Crippen MR) is 73.2 cm³/mol. The third-order valence-corrected chi connectivity index (χ3v) is 4.07. The fourth-order valence-corrected chi connectivity index (χ4v) is 3.03. The molecule has 1 aromatic rings. The van der Waals surface area contributed by atoms with Gasteiger partial charge in [-0.05, 0) is 23.5 Å². The predicted octanol–water partition coefficient (Wildman–Crippen LogP) is 3.49. The number of rotatable bonds is 5. The molecule has 18 heavy (non-hydrogen) atoms. The molecule has 0 radical (unpaired) electrons. The van der Waals surface area contributed by atoms with Crippen molar-refractivity contribution < 1.29 is 12.6 Å². The van der Waals surface area contributed by atoms with Crippen LogP contribution in [0.2, 0.25) is 0 Å². The van der Waals surface area contributed by atoms with Crippen LogP contribution >= 0.6 is 0 Å². The van der Waals surface area contributed by atoms with Crippen LogP contribution in [0.1, 0.15) is 46.1 Å². The fourth-order valence-electron chi connectivity index (χ4n) is 1.68. The van der Waals surface area contributed by atoms with Gasteiger partial charge < -0.3 is 0 Å². The van der Waals surface area contributed by atoms with Crippen LogP contribution in [0.15, 0.2) is 29.2 Å². The Morgan fingerprint density at radius 1 is 1.17 bits per heavy atom. The van der Waals surface area contributed by atoms with E-state index in [2.05, 4.69) is 0 Å². The highest BCUT2D eigenvalue weighted by atomic mass is 32.2. The average molecular weight is 270 g/mol. The minimum Gasteiger partial charge on any atom is -0.266 e. The minimum absolute atomic E-state index is 0.224. The van der Waals surface area contributed by atoms with Crippen LogP contribution in [-0.2, 0) is 19.7 Å². The fraction of sp³-hybridized carbons (Fsp3) is 0.571. The Hall–Kier alpha value is -0.870. The Balaban J connectivity index is 3.09. The molecule has 0 aliphatic heterocycles. The lowest BCUT2D eigenvalue weighted by atomic mass is 9.87. The van der Waals surface area contributed by atoms with Crippen LogP contribution in [0.3, 0.4) is 0 Å². The average Bonchev–Trinajstić information content (AvgIpc) is 2.28. The molecule has 0 heterocycles. The van der Waals surface area contributed by atoms with Crippen molar-refractivity contribution in [1.29, 1.82) is 0 Å². The molecule has 102 valence electrons. The number of hydrogen-bond donors (Lipinski definition) is 0. The standard InChI is InChI=1S/C14H22O3S/c1-5-6-11-17-18(15,16)13-10-8-7-9-12(13)14(2,3)4/h7-10H,5-6,11H2,1-4H3. The summed E-state index contributed by atoms with van der Waals surface area (Å²) in [4.78, 5) is 0.286. The molecular weight excluding hydrogens is 248 g/mol. The van der Waals surface area contributed by atoms with Crippen molar-refractivity contribution in [2.45, 2.75) is 50.8 Å². The summed E-state index contributed by atoms with van der Waals surface area (Å²) in [7, 11) is -3.65. The van der Waals surface area contributed by atoms with E-state index in [0.29, 0.717) is 0 Å². The molecule has 0 aliphatic rings. The summed E-state index contributed by atoms with van der Waals surface area (Å²) in [5.41, 5.74) is 0.569. The first-order valence-corrected chi connectivity index (χ1v) is 7.69. The normalized spacial score (nSPS) is 12.7. The molecule has 1 aromatic carbocycles. The van der Waals surface area contributed by atoms with Crippen LogP contribution in [0.25, 0.3) is 0 Å². The maximum Gasteiger partial charge on any atom is 0.297 e. The van der Waals surface area contributed by atoms with Crippen molar-refractivity contribution in [3.05, 3.63) is 29.8 Å². The van der Waals surface area contributed by atoms with Crippen LogP contribution in [0.5, 0.6) is 0 Å². The summed E-state index contributed by atoms with van der Waals surface area (Å²) in [6, 6.07) is 7.04. The van der Waals surface area contributed by atoms with Gasteiger partial charge in [-0.2, -0.15) is 8.42 Å². The molecule has 0 fully saturated rings. The smallest absolute Gasteiger partial charge is 0.266 e. The highest BCUT2D eigenvalue weighted by molar-refractivity contribution is 7.86. The Morgan fingerprint density at radius 3 is 2.33 bits per heavy atom. The van der Waals surface area contributed by atoms with Gasteiger partial charge in [-0.1, -0.05) is 52.3 Å². The highest BCUT2D eigenvalue weighted by Gasteiger charge is 2.25. The van der Waals surface area contributed by atoms with Crippen molar-refractivity contribution in [1.82, 2.24) is 0 Å². The molecule has 0 bridgehead atoms. The lowest BCUT2D eigenvalue weighted by Crippen LogP contribution is -2.18. The zero-order valence-electron chi connectivity index (χ0n) is 11.6. The van der Waals surface area contributed by atoms with E-state index in [1.165, 1.54) is 0 Å². The van der Waals surface area contributed by atoms with Gasteiger partial charge in [-0.15, -0.1) is 0 Å². The van der Waals surface area contributed by atoms with Crippen molar-refractivity contribution in [3.63, 3.8) is 0 Å². The number of hydrogen-bond acceptors (Lipinski definition) is 3. The lowest BCUT2D eigenvalue weighted by molar-refractivity contribution is 0.309. The SMILES string of the molecule is CCCCOS(=O)(=O)c1ccccc1C(C)(C)C. The molecule has 0 saturated carbocycles. The van der Waals surface area contributed by atoms with E-state index < -0.39 is 10.1 Å². The van der Waals surface area contributed by atoms with Gasteiger partial charge >= 0.3 is 0 Å². The minimum atomic E-state index is -3.65. The van der Waals surface area contributed by atoms with Gasteiger partial charge in [-0.3, -0.25) is 4.18 Å². The van der Waals surface area contributed by atoms with E-state index in [0.717, 1.165) is 18.4 Å². The molecule has 4 heteroatoms. The Kier molecular flexibility index (Phi) is 4.93. The van der Waals surface area contributed by atoms with Crippen LogP contribution in [0.4, 0.5) is 0 Å². The zero-order valence-corrected chi connectivity index (χ0v) is 12.4. The molecule has 0 saturated heterocycles. The van der Waals surface area contributed by atoms with Crippen molar-refractivity contribution in [3.8, 4) is 0 Å². The molecule has 1 rings (SSSR count). The first-order valence-electron chi connectivity index (χ1n) is 6.28. The third kappa shape index (κ3) is 3.82. The van der Waals surface area contributed by atoms with Crippen molar-refractivity contribution in [2.24, 2.45) is 0 Å². The molecule has 0 amide bonds. The van der Waals surface area contributed by atoms with Gasteiger partial charge in [-0.25, -0.2) is 0 Å². The van der Waals surface area contributed by atoms with E-state index >= 15 is 0 Å². The number of unbranched alkanes of at least 4 members (excludes halogenated alkanes) is 1. The monoisotopic (exact) mass is 270 g/mol. The largest absolute Gasteiger partial charge is 0.297 e. The van der Waals surface area contributed by atoms with Crippen LogP contribution in [-0.4, -0.2) is 15.0 Å². The van der Waals surface area contributed by atoms with E-state index in [-0.39, 0.29) is 16.9 Å².